The highest BCUT2D eigenvalue weighted by molar-refractivity contribution is 5.87. The van der Waals surface area contributed by atoms with Gasteiger partial charge in [0, 0.05) is 5.92 Å². The van der Waals surface area contributed by atoms with E-state index in [1.165, 1.54) is 14.2 Å². The smallest absolute Gasteiger partial charge is 0.309 e. The number of ketones is 1. The number of rotatable bonds is 3. The van der Waals surface area contributed by atoms with Gasteiger partial charge in [-0.25, -0.2) is 0 Å². The topological polar surface area (TPSA) is 69.7 Å². The molecule has 0 saturated heterocycles. The molecule has 19 heavy (non-hydrogen) atoms. The van der Waals surface area contributed by atoms with Gasteiger partial charge in [0.15, 0.2) is 0 Å². The summed E-state index contributed by atoms with van der Waals surface area (Å²) in [6, 6.07) is 0. The first-order chi connectivity index (χ1) is 9.02. The maximum atomic E-state index is 12.0. The molecule has 3 rings (SSSR count). The normalized spacial score (nSPS) is 45.5. The lowest BCUT2D eigenvalue weighted by Gasteiger charge is -2.26. The van der Waals surface area contributed by atoms with Gasteiger partial charge in [-0.1, -0.05) is 0 Å². The van der Waals surface area contributed by atoms with Gasteiger partial charge in [-0.2, -0.15) is 0 Å². The summed E-state index contributed by atoms with van der Waals surface area (Å²) >= 11 is 0. The molecule has 3 unspecified atom stereocenters. The number of methoxy groups -OCH3 is 2. The Bertz CT molecular complexity index is 423. The van der Waals surface area contributed by atoms with Crippen molar-refractivity contribution in [1.82, 2.24) is 0 Å². The number of ether oxygens (including phenoxy) is 2. The summed E-state index contributed by atoms with van der Waals surface area (Å²) < 4.78 is 9.69. The molecule has 0 radical (unpaired) electrons. The van der Waals surface area contributed by atoms with Crippen molar-refractivity contribution in [1.29, 1.82) is 0 Å². The number of carbonyl (C=O) groups excluding carboxylic acids is 3. The van der Waals surface area contributed by atoms with Gasteiger partial charge < -0.3 is 9.47 Å². The Hall–Kier alpha value is -1.39. The standard InChI is InChI=1S/C14H18O5/c1-5(15)8-9-6-4-7(10(8)9)12(14(17)19-3)11(6)13(16)18-2/h6-12H,4H2,1-3H3/t6-,7+,8?,9?,10?,11+,12-. The van der Waals surface area contributed by atoms with Gasteiger partial charge in [0.25, 0.3) is 0 Å². The first kappa shape index (κ1) is 12.6. The van der Waals surface area contributed by atoms with Gasteiger partial charge in [0.05, 0.1) is 26.1 Å². The number of esters is 2. The van der Waals surface area contributed by atoms with Gasteiger partial charge in [-0.15, -0.1) is 0 Å². The van der Waals surface area contributed by atoms with Crippen molar-refractivity contribution in [3.05, 3.63) is 0 Å². The summed E-state index contributed by atoms with van der Waals surface area (Å²) in [7, 11) is 2.69. The number of Topliss-reactive ketones (excluding diaryl/α,β-unsaturated/α-hetero) is 1. The molecule has 5 nitrogen and oxygen atoms in total. The Balaban J connectivity index is 1.90. The molecule has 5 heteroatoms. The minimum absolute atomic E-state index is 0.0468. The molecule has 0 aliphatic heterocycles. The quantitative estimate of drug-likeness (QED) is 0.702. The third-order valence-corrected chi connectivity index (χ3v) is 5.39. The summed E-state index contributed by atoms with van der Waals surface area (Å²) in [5.74, 6) is -0.502. The second kappa shape index (κ2) is 4.05. The predicted molar refractivity (Wildman–Crippen MR) is 63.8 cm³/mol. The Morgan fingerprint density at radius 2 is 1.26 bits per heavy atom. The summed E-state index contributed by atoms with van der Waals surface area (Å²) in [6.07, 6.45) is 0.846. The van der Waals surface area contributed by atoms with Crippen molar-refractivity contribution >= 4 is 17.7 Å². The first-order valence-electron chi connectivity index (χ1n) is 6.69. The average Bonchev–Trinajstić information content (AvgIpc) is 2.92. The van der Waals surface area contributed by atoms with E-state index in [2.05, 4.69) is 0 Å². The maximum absolute atomic E-state index is 12.0. The monoisotopic (exact) mass is 266 g/mol. The SMILES string of the molecule is COC(=O)[C@@H]1[C@H](C(=O)OC)[C@H]2C[C@@H]1C1C(C(C)=O)C12. The van der Waals surface area contributed by atoms with Crippen LogP contribution in [0.25, 0.3) is 0 Å². The van der Waals surface area contributed by atoms with Crippen LogP contribution in [-0.4, -0.2) is 31.9 Å². The van der Waals surface area contributed by atoms with Gasteiger partial charge in [-0.05, 0) is 37.0 Å². The van der Waals surface area contributed by atoms with E-state index in [1.807, 2.05) is 0 Å². The molecular weight excluding hydrogens is 248 g/mol. The molecule has 7 atom stereocenters. The summed E-state index contributed by atoms with van der Waals surface area (Å²) in [6.45, 7) is 1.60. The van der Waals surface area contributed by atoms with Gasteiger partial charge in [-0.3, -0.25) is 14.4 Å². The molecule has 2 bridgehead atoms. The second-order valence-electron chi connectivity index (χ2n) is 5.95. The van der Waals surface area contributed by atoms with Crippen LogP contribution in [-0.2, 0) is 23.9 Å². The van der Waals surface area contributed by atoms with Crippen molar-refractivity contribution < 1.29 is 23.9 Å². The molecule has 3 aliphatic rings. The van der Waals surface area contributed by atoms with Gasteiger partial charge >= 0.3 is 11.9 Å². The van der Waals surface area contributed by atoms with Crippen LogP contribution in [0.3, 0.4) is 0 Å². The molecule has 3 saturated carbocycles. The van der Waals surface area contributed by atoms with Crippen LogP contribution in [0.1, 0.15) is 13.3 Å². The Kier molecular flexibility index (Phi) is 2.69. The van der Waals surface area contributed by atoms with E-state index < -0.39 is 11.8 Å². The van der Waals surface area contributed by atoms with Crippen LogP contribution in [0.2, 0.25) is 0 Å². The Morgan fingerprint density at radius 3 is 1.58 bits per heavy atom. The molecule has 0 N–H and O–H groups in total. The van der Waals surface area contributed by atoms with Crippen LogP contribution in [0.15, 0.2) is 0 Å². The highest BCUT2D eigenvalue weighted by atomic mass is 16.5. The summed E-state index contributed by atoms with van der Waals surface area (Å²) in [5.41, 5.74) is 0. The van der Waals surface area contributed by atoms with Crippen LogP contribution in [0.4, 0.5) is 0 Å². The zero-order chi connectivity index (χ0) is 13.9. The highest BCUT2D eigenvalue weighted by Gasteiger charge is 2.74. The Morgan fingerprint density at radius 1 is 0.842 bits per heavy atom. The van der Waals surface area contributed by atoms with Gasteiger partial charge in [0.1, 0.15) is 5.78 Å². The van der Waals surface area contributed by atoms with E-state index in [0.717, 1.165) is 6.42 Å². The van der Waals surface area contributed by atoms with Crippen LogP contribution in [0.5, 0.6) is 0 Å². The fraction of sp³-hybridized carbons (Fsp3) is 0.786. The van der Waals surface area contributed by atoms with E-state index in [4.69, 9.17) is 9.47 Å². The third-order valence-electron chi connectivity index (χ3n) is 5.39. The van der Waals surface area contributed by atoms with Crippen molar-refractivity contribution in [2.45, 2.75) is 13.3 Å². The molecule has 0 aromatic carbocycles. The molecular formula is C14H18O5. The molecule has 3 fully saturated rings. The minimum Gasteiger partial charge on any atom is -0.469 e. The molecule has 3 aliphatic carbocycles. The summed E-state index contributed by atoms with van der Waals surface area (Å²) in [4.78, 5) is 35.5. The van der Waals surface area contributed by atoms with Crippen molar-refractivity contribution in [2.24, 2.45) is 41.4 Å². The van der Waals surface area contributed by atoms with Crippen molar-refractivity contribution in [3.63, 3.8) is 0 Å². The zero-order valence-corrected chi connectivity index (χ0v) is 11.3. The predicted octanol–water partition coefficient (Wildman–Crippen LogP) is 0.666. The van der Waals surface area contributed by atoms with Crippen LogP contribution >= 0.6 is 0 Å². The van der Waals surface area contributed by atoms with Gasteiger partial charge in [0.2, 0.25) is 0 Å². The first-order valence-corrected chi connectivity index (χ1v) is 6.69. The number of carbonyl (C=O) groups is 3. The number of fused-ring (bicyclic) bond motifs is 5. The zero-order valence-electron chi connectivity index (χ0n) is 11.3. The molecule has 0 aromatic rings. The average molecular weight is 266 g/mol. The van der Waals surface area contributed by atoms with E-state index in [9.17, 15) is 14.4 Å². The van der Waals surface area contributed by atoms with Crippen molar-refractivity contribution in [2.75, 3.05) is 14.2 Å². The maximum Gasteiger partial charge on any atom is 0.309 e. The summed E-state index contributed by atoms with van der Waals surface area (Å²) in [5, 5.41) is 0. The largest absolute Gasteiger partial charge is 0.469 e. The molecule has 0 heterocycles. The number of hydrogen-bond donors (Lipinski definition) is 0. The second-order valence-corrected chi connectivity index (χ2v) is 5.95. The lowest BCUT2D eigenvalue weighted by atomic mass is 9.79. The molecule has 0 aromatic heterocycles. The molecule has 0 amide bonds. The lowest BCUT2D eigenvalue weighted by molar-refractivity contribution is -0.160. The number of hydrogen-bond acceptors (Lipinski definition) is 5. The third kappa shape index (κ3) is 1.50. The fourth-order valence-electron chi connectivity index (χ4n) is 4.85. The van der Waals surface area contributed by atoms with E-state index in [-0.39, 0.29) is 47.3 Å². The molecule has 0 spiro atoms. The highest BCUT2D eigenvalue weighted by Crippen LogP contribution is 2.73. The lowest BCUT2D eigenvalue weighted by Crippen LogP contribution is -2.37. The Labute approximate surface area is 111 Å². The van der Waals surface area contributed by atoms with Crippen LogP contribution in [0, 0.1) is 41.4 Å². The van der Waals surface area contributed by atoms with E-state index in [1.54, 1.807) is 6.92 Å². The minimum atomic E-state index is -0.423. The van der Waals surface area contributed by atoms with E-state index in [0.29, 0.717) is 0 Å². The fourth-order valence-corrected chi connectivity index (χ4v) is 4.85. The van der Waals surface area contributed by atoms with Crippen LogP contribution < -0.4 is 0 Å². The van der Waals surface area contributed by atoms with Crippen molar-refractivity contribution in [3.8, 4) is 0 Å². The van der Waals surface area contributed by atoms with E-state index >= 15 is 0 Å². The molecule has 104 valence electrons.